The highest BCUT2D eigenvalue weighted by molar-refractivity contribution is 14.1. The molecule has 1 unspecified atom stereocenters. The predicted octanol–water partition coefficient (Wildman–Crippen LogP) is 3.88. The Labute approximate surface area is 78.9 Å². The molecule has 0 bridgehead atoms. The minimum Gasteiger partial charge on any atom is -0.0864 e. The monoisotopic (exact) mass is 254 g/mol. The summed E-state index contributed by atoms with van der Waals surface area (Å²) in [6.07, 6.45) is 2.70. The van der Waals surface area contributed by atoms with Gasteiger partial charge in [-0.05, 0) is 22.2 Å². The third-order valence-corrected chi connectivity index (χ3v) is 2.80. The molecule has 1 heteroatoms. The van der Waals surface area contributed by atoms with Gasteiger partial charge in [0.1, 0.15) is 0 Å². The van der Waals surface area contributed by atoms with Gasteiger partial charge in [0.15, 0.2) is 0 Å². The van der Waals surface area contributed by atoms with Crippen molar-refractivity contribution in [1.82, 2.24) is 0 Å². The second-order valence-corrected chi connectivity index (χ2v) is 5.03. The van der Waals surface area contributed by atoms with Crippen molar-refractivity contribution in [3.8, 4) is 0 Å². The van der Waals surface area contributed by atoms with Crippen LogP contribution in [-0.4, -0.2) is 4.43 Å². The van der Waals surface area contributed by atoms with E-state index in [1.165, 1.54) is 17.3 Å². The van der Waals surface area contributed by atoms with Gasteiger partial charge in [-0.2, -0.15) is 0 Å². The molecule has 0 rings (SSSR count). The number of hydrogen-bond donors (Lipinski definition) is 0. The lowest BCUT2D eigenvalue weighted by atomic mass is 9.78. The third-order valence-electron chi connectivity index (χ3n) is 2.18. The summed E-state index contributed by atoms with van der Waals surface area (Å²) >= 11 is 2.47. The smallest absolute Gasteiger partial charge is 0.000189 e. The van der Waals surface area contributed by atoms with E-state index in [0.29, 0.717) is 5.41 Å². The maximum Gasteiger partial charge on any atom is -0.000189 e. The lowest BCUT2D eigenvalue weighted by Crippen LogP contribution is -2.19. The van der Waals surface area contributed by atoms with Gasteiger partial charge >= 0.3 is 0 Å². The first-order valence-electron chi connectivity index (χ1n) is 4.08. The molecular weight excluding hydrogens is 235 g/mol. The lowest BCUT2D eigenvalue weighted by molar-refractivity contribution is 0.228. The van der Waals surface area contributed by atoms with Crippen molar-refractivity contribution in [3.63, 3.8) is 0 Å². The molecule has 0 aliphatic heterocycles. The molecule has 0 aromatic rings. The largest absolute Gasteiger partial charge is 0.0864 e. The highest BCUT2D eigenvalue weighted by Gasteiger charge is 2.21. The Morgan fingerprint density at radius 3 is 1.90 bits per heavy atom. The van der Waals surface area contributed by atoms with E-state index in [0.717, 1.165) is 5.92 Å². The van der Waals surface area contributed by atoms with E-state index < -0.39 is 0 Å². The quantitative estimate of drug-likeness (QED) is 0.529. The fourth-order valence-corrected chi connectivity index (χ4v) is 2.13. The molecule has 0 saturated heterocycles. The van der Waals surface area contributed by atoms with Gasteiger partial charge in [0.2, 0.25) is 0 Å². The predicted molar refractivity (Wildman–Crippen MR) is 56.7 cm³/mol. The number of alkyl halides is 1. The van der Waals surface area contributed by atoms with Crippen molar-refractivity contribution in [1.29, 1.82) is 0 Å². The van der Waals surface area contributed by atoms with E-state index >= 15 is 0 Å². The minimum absolute atomic E-state index is 0.514. The molecule has 0 spiro atoms. The number of hydrogen-bond acceptors (Lipinski definition) is 0. The van der Waals surface area contributed by atoms with Crippen LogP contribution in [0.2, 0.25) is 0 Å². The van der Waals surface area contributed by atoms with Gasteiger partial charge in [-0.1, -0.05) is 56.7 Å². The van der Waals surface area contributed by atoms with Gasteiger partial charge in [-0.15, -0.1) is 0 Å². The highest BCUT2D eigenvalue weighted by atomic mass is 127. The summed E-state index contributed by atoms with van der Waals surface area (Å²) in [4.78, 5) is 0. The molecule has 1 atom stereocenters. The molecule has 10 heavy (non-hydrogen) atoms. The van der Waals surface area contributed by atoms with Crippen molar-refractivity contribution in [2.24, 2.45) is 11.3 Å². The second kappa shape index (κ2) is 4.58. The van der Waals surface area contributed by atoms with E-state index in [1.54, 1.807) is 0 Å². The molecular formula is C9H19I. The summed E-state index contributed by atoms with van der Waals surface area (Å²) in [6.45, 7) is 9.32. The van der Waals surface area contributed by atoms with Crippen LogP contribution in [0.5, 0.6) is 0 Å². The molecule has 0 saturated carbocycles. The second-order valence-electron chi connectivity index (χ2n) is 3.95. The SMILES string of the molecule is CCC(CCI)C(C)(C)C. The average Bonchev–Trinajstić information content (AvgIpc) is 1.80. The summed E-state index contributed by atoms with van der Waals surface area (Å²) in [5.41, 5.74) is 0.514. The van der Waals surface area contributed by atoms with E-state index in [-0.39, 0.29) is 0 Å². The van der Waals surface area contributed by atoms with Crippen LogP contribution in [0.15, 0.2) is 0 Å². The molecule has 0 heterocycles. The molecule has 0 nitrogen and oxygen atoms in total. The summed E-state index contributed by atoms with van der Waals surface area (Å²) in [5.74, 6) is 0.907. The third kappa shape index (κ3) is 3.79. The van der Waals surface area contributed by atoms with Crippen molar-refractivity contribution in [2.45, 2.75) is 40.5 Å². The van der Waals surface area contributed by atoms with Crippen LogP contribution in [-0.2, 0) is 0 Å². The Morgan fingerprint density at radius 1 is 1.30 bits per heavy atom. The molecule has 0 aromatic heterocycles. The van der Waals surface area contributed by atoms with E-state index in [2.05, 4.69) is 50.3 Å². The van der Waals surface area contributed by atoms with Gasteiger partial charge in [-0.3, -0.25) is 0 Å². The molecule has 62 valence electrons. The average molecular weight is 254 g/mol. The molecule has 0 aromatic carbocycles. The first-order valence-corrected chi connectivity index (χ1v) is 5.61. The van der Waals surface area contributed by atoms with E-state index in [9.17, 15) is 0 Å². The molecule has 0 aliphatic rings. The maximum absolute atomic E-state index is 2.47. The standard InChI is InChI=1S/C9H19I/c1-5-8(6-7-10)9(2,3)4/h8H,5-7H2,1-4H3. The Hall–Kier alpha value is 0.730. The maximum atomic E-state index is 2.47. The Morgan fingerprint density at radius 2 is 1.80 bits per heavy atom. The van der Waals surface area contributed by atoms with Crippen LogP contribution in [0.1, 0.15) is 40.5 Å². The Bertz CT molecular complexity index is 81.2. The van der Waals surface area contributed by atoms with Crippen LogP contribution >= 0.6 is 22.6 Å². The van der Waals surface area contributed by atoms with Crippen molar-refractivity contribution >= 4 is 22.6 Å². The van der Waals surface area contributed by atoms with Gasteiger partial charge in [-0.25, -0.2) is 0 Å². The fourth-order valence-electron chi connectivity index (χ4n) is 1.38. The van der Waals surface area contributed by atoms with E-state index in [4.69, 9.17) is 0 Å². The Kier molecular flexibility index (Phi) is 4.91. The Balaban J connectivity index is 3.81. The molecule has 0 fully saturated rings. The molecule has 0 N–H and O–H groups in total. The lowest BCUT2D eigenvalue weighted by Gasteiger charge is -2.29. The van der Waals surface area contributed by atoms with Crippen molar-refractivity contribution < 1.29 is 0 Å². The highest BCUT2D eigenvalue weighted by Crippen LogP contribution is 2.31. The van der Waals surface area contributed by atoms with Crippen LogP contribution in [0.3, 0.4) is 0 Å². The number of rotatable bonds is 3. The number of halogens is 1. The molecule has 0 amide bonds. The van der Waals surface area contributed by atoms with Crippen molar-refractivity contribution in [2.75, 3.05) is 4.43 Å². The van der Waals surface area contributed by atoms with Gasteiger partial charge < -0.3 is 0 Å². The van der Waals surface area contributed by atoms with Gasteiger partial charge in [0.05, 0.1) is 0 Å². The van der Waals surface area contributed by atoms with Gasteiger partial charge in [0, 0.05) is 0 Å². The fraction of sp³-hybridized carbons (Fsp3) is 1.00. The van der Waals surface area contributed by atoms with Crippen LogP contribution in [0.4, 0.5) is 0 Å². The first kappa shape index (κ1) is 10.7. The summed E-state index contributed by atoms with van der Waals surface area (Å²) in [6, 6.07) is 0. The summed E-state index contributed by atoms with van der Waals surface area (Å²) in [5, 5.41) is 0. The molecule has 0 aliphatic carbocycles. The summed E-state index contributed by atoms with van der Waals surface area (Å²) < 4.78 is 1.30. The van der Waals surface area contributed by atoms with Gasteiger partial charge in [0.25, 0.3) is 0 Å². The zero-order chi connectivity index (χ0) is 8.20. The van der Waals surface area contributed by atoms with Crippen LogP contribution in [0.25, 0.3) is 0 Å². The van der Waals surface area contributed by atoms with Crippen molar-refractivity contribution in [3.05, 3.63) is 0 Å². The zero-order valence-electron chi connectivity index (χ0n) is 7.58. The van der Waals surface area contributed by atoms with Crippen LogP contribution in [0, 0.1) is 11.3 Å². The molecule has 0 radical (unpaired) electrons. The normalized spacial score (nSPS) is 15.3. The topological polar surface area (TPSA) is 0 Å². The zero-order valence-corrected chi connectivity index (χ0v) is 9.73. The summed E-state index contributed by atoms with van der Waals surface area (Å²) in [7, 11) is 0. The van der Waals surface area contributed by atoms with Crippen LogP contribution < -0.4 is 0 Å². The minimum atomic E-state index is 0.514. The van der Waals surface area contributed by atoms with E-state index in [1.807, 2.05) is 0 Å². The first-order chi connectivity index (χ1) is 4.52.